The summed E-state index contributed by atoms with van der Waals surface area (Å²) in [4.78, 5) is 23.3. The minimum Gasteiger partial charge on any atom is -0.481 e. The number of aryl methyl sites for hydroxylation is 1. The number of carbonyl (C=O) groups is 2. The van der Waals surface area contributed by atoms with Gasteiger partial charge in [0.05, 0.1) is 11.3 Å². The zero-order valence-electron chi connectivity index (χ0n) is 15.3. The van der Waals surface area contributed by atoms with Gasteiger partial charge in [-0.05, 0) is 48.4 Å². The van der Waals surface area contributed by atoms with Crippen molar-refractivity contribution in [1.29, 1.82) is 0 Å². The molecule has 0 heterocycles. The highest BCUT2D eigenvalue weighted by Crippen LogP contribution is 2.20. The van der Waals surface area contributed by atoms with Gasteiger partial charge in [-0.25, -0.2) is 4.79 Å². The van der Waals surface area contributed by atoms with Crippen molar-refractivity contribution in [1.82, 2.24) is 0 Å². The molecule has 0 aliphatic carbocycles. The van der Waals surface area contributed by atoms with E-state index in [0.717, 1.165) is 23.3 Å². The molecule has 27 heavy (non-hydrogen) atoms. The Morgan fingerprint density at radius 3 is 2.67 bits per heavy atom. The monoisotopic (exact) mass is 363 g/mol. The van der Waals surface area contributed by atoms with Crippen LogP contribution in [0.2, 0.25) is 0 Å². The fourth-order valence-electron chi connectivity index (χ4n) is 2.35. The predicted molar refractivity (Wildman–Crippen MR) is 106 cm³/mol. The summed E-state index contributed by atoms with van der Waals surface area (Å²) in [7, 11) is 0. The molecule has 2 aromatic carbocycles. The molecule has 1 amide bonds. The molecule has 0 spiro atoms. The van der Waals surface area contributed by atoms with Gasteiger partial charge in [-0.2, -0.15) is 0 Å². The Hall–Kier alpha value is -3.52. The number of ether oxygens (including phenoxy) is 1. The number of rotatable bonds is 6. The fourth-order valence-corrected chi connectivity index (χ4v) is 2.35. The second-order valence-electron chi connectivity index (χ2n) is 5.69. The van der Waals surface area contributed by atoms with E-state index in [1.165, 1.54) is 12.1 Å². The first-order valence-electron chi connectivity index (χ1n) is 8.51. The first-order chi connectivity index (χ1) is 13.0. The molecule has 2 aromatic rings. The number of aromatic carboxylic acids is 1. The molecule has 0 bridgehead atoms. The Morgan fingerprint density at radius 2 is 1.96 bits per heavy atom. The summed E-state index contributed by atoms with van der Waals surface area (Å²) >= 11 is 0. The molecule has 2 N–H and O–H groups in total. The van der Waals surface area contributed by atoms with Gasteiger partial charge in [0, 0.05) is 12.5 Å². The molecular weight excluding hydrogens is 342 g/mol. The van der Waals surface area contributed by atoms with Gasteiger partial charge in [0.1, 0.15) is 12.4 Å². The van der Waals surface area contributed by atoms with Crippen molar-refractivity contribution < 1.29 is 19.4 Å². The van der Waals surface area contributed by atoms with E-state index >= 15 is 0 Å². The quantitative estimate of drug-likeness (QED) is 0.597. The molecular formula is C22H21NO4. The lowest BCUT2D eigenvalue weighted by molar-refractivity contribution is -0.111. The minimum atomic E-state index is -1.09. The molecule has 0 radical (unpaired) electrons. The second-order valence-corrected chi connectivity index (χ2v) is 5.69. The smallest absolute Gasteiger partial charge is 0.337 e. The minimum absolute atomic E-state index is 0.0442. The summed E-state index contributed by atoms with van der Waals surface area (Å²) in [6.45, 7) is 4.24. The summed E-state index contributed by atoms with van der Waals surface area (Å²) in [5.74, 6) is 5.11. The normalized spacial score (nSPS) is 10.1. The van der Waals surface area contributed by atoms with Gasteiger partial charge in [-0.1, -0.05) is 31.0 Å². The maximum Gasteiger partial charge on any atom is 0.337 e. The van der Waals surface area contributed by atoms with Crippen molar-refractivity contribution in [3.63, 3.8) is 0 Å². The summed E-state index contributed by atoms with van der Waals surface area (Å²) in [5, 5.41) is 11.7. The van der Waals surface area contributed by atoms with Crippen molar-refractivity contribution in [3.05, 3.63) is 65.2 Å². The summed E-state index contributed by atoms with van der Waals surface area (Å²) in [6.07, 6.45) is 3.82. The molecule has 5 heteroatoms. The van der Waals surface area contributed by atoms with Gasteiger partial charge < -0.3 is 15.2 Å². The average molecular weight is 363 g/mol. The molecule has 0 aromatic heterocycles. The number of hydrogen-bond donors (Lipinski definition) is 2. The summed E-state index contributed by atoms with van der Waals surface area (Å²) in [6, 6.07) is 11.8. The summed E-state index contributed by atoms with van der Waals surface area (Å²) < 4.78 is 5.60. The second kappa shape index (κ2) is 9.83. The van der Waals surface area contributed by atoms with Crippen LogP contribution in [0.4, 0.5) is 5.69 Å². The highest BCUT2D eigenvalue weighted by atomic mass is 16.5. The lowest BCUT2D eigenvalue weighted by atomic mass is 10.1. The third kappa shape index (κ3) is 6.05. The molecule has 0 saturated heterocycles. The lowest BCUT2D eigenvalue weighted by Gasteiger charge is -2.07. The van der Waals surface area contributed by atoms with Crippen LogP contribution >= 0.6 is 0 Å². The topological polar surface area (TPSA) is 75.6 Å². The Bertz CT molecular complexity index is 919. The predicted octanol–water partition coefficient (Wildman–Crippen LogP) is 4.14. The maximum absolute atomic E-state index is 12.1. The number of carbonyl (C=O) groups excluding carboxylic acids is 1. The van der Waals surface area contributed by atoms with Crippen LogP contribution in [0, 0.1) is 18.8 Å². The zero-order chi connectivity index (χ0) is 19.6. The number of amides is 1. The lowest BCUT2D eigenvalue weighted by Crippen LogP contribution is -2.11. The largest absolute Gasteiger partial charge is 0.481 e. The number of carboxylic acids is 1. The number of hydrogen-bond acceptors (Lipinski definition) is 3. The van der Waals surface area contributed by atoms with E-state index < -0.39 is 11.9 Å². The third-order valence-electron chi connectivity index (χ3n) is 3.64. The van der Waals surface area contributed by atoms with E-state index in [9.17, 15) is 9.59 Å². The molecule has 0 aliphatic heterocycles. The maximum atomic E-state index is 12.1. The molecule has 0 saturated carbocycles. The molecule has 138 valence electrons. The van der Waals surface area contributed by atoms with Gasteiger partial charge in [0.2, 0.25) is 5.91 Å². The highest BCUT2D eigenvalue weighted by Gasteiger charge is 2.10. The van der Waals surface area contributed by atoms with Gasteiger partial charge in [0.15, 0.2) is 0 Å². The number of carboxylic acid groups (broad SMARTS) is 1. The van der Waals surface area contributed by atoms with Crippen LogP contribution < -0.4 is 10.1 Å². The number of benzene rings is 2. The number of nitrogens with one attached hydrogen (secondary N) is 1. The van der Waals surface area contributed by atoms with E-state index in [2.05, 4.69) is 17.2 Å². The molecule has 0 unspecified atom stereocenters. The highest BCUT2D eigenvalue weighted by molar-refractivity contribution is 6.06. The van der Waals surface area contributed by atoms with Gasteiger partial charge in [0.25, 0.3) is 0 Å². The van der Waals surface area contributed by atoms with Crippen LogP contribution in [0.3, 0.4) is 0 Å². The number of para-hydroxylation sites is 1. The standard InChI is InChI=1S/C22H21NO4/c1-3-4-7-14-27-20-12-10-17(15-16(20)2)11-13-21(24)23-19-9-6-5-8-18(19)22(25)26/h5-6,8-13,15H,3,14H2,1-2H3,(H,23,24)(H,25,26)/b13-11+. The third-order valence-corrected chi connectivity index (χ3v) is 3.64. The van der Waals surface area contributed by atoms with E-state index in [4.69, 9.17) is 9.84 Å². The zero-order valence-corrected chi connectivity index (χ0v) is 15.3. The Kier molecular flexibility index (Phi) is 7.21. The Labute approximate surface area is 158 Å². The van der Waals surface area contributed by atoms with Crippen LogP contribution in [-0.2, 0) is 4.79 Å². The van der Waals surface area contributed by atoms with Crippen LogP contribution in [0.1, 0.15) is 34.8 Å². The van der Waals surface area contributed by atoms with Crippen molar-refractivity contribution in [3.8, 4) is 17.6 Å². The Morgan fingerprint density at radius 1 is 1.19 bits per heavy atom. The average Bonchev–Trinajstić information content (AvgIpc) is 2.65. The van der Waals surface area contributed by atoms with Crippen LogP contribution in [-0.4, -0.2) is 23.6 Å². The SMILES string of the molecule is CCC#CCOc1ccc(/C=C/C(=O)Nc2ccccc2C(=O)O)cc1C. The molecule has 0 fully saturated rings. The summed E-state index contributed by atoms with van der Waals surface area (Å²) in [5.41, 5.74) is 2.07. The molecule has 0 atom stereocenters. The molecule has 2 rings (SSSR count). The van der Waals surface area contributed by atoms with Gasteiger partial charge in [-0.15, -0.1) is 5.92 Å². The first-order valence-corrected chi connectivity index (χ1v) is 8.51. The molecule has 5 nitrogen and oxygen atoms in total. The van der Waals surface area contributed by atoms with Crippen molar-refractivity contribution in [2.75, 3.05) is 11.9 Å². The van der Waals surface area contributed by atoms with Gasteiger partial charge >= 0.3 is 5.97 Å². The Balaban J connectivity index is 2.02. The van der Waals surface area contributed by atoms with Crippen molar-refractivity contribution in [2.45, 2.75) is 20.3 Å². The van der Waals surface area contributed by atoms with E-state index in [1.807, 2.05) is 32.0 Å². The van der Waals surface area contributed by atoms with Crippen molar-refractivity contribution >= 4 is 23.6 Å². The number of anilines is 1. The van der Waals surface area contributed by atoms with Gasteiger partial charge in [-0.3, -0.25) is 4.79 Å². The van der Waals surface area contributed by atoms with E-state index in [0.29, 0.717) is 6.61 Å². The van der Waals surface area contributed by atoms with Crippen LogP contribution in [0.25, 0.3) is 6.08 Å². The van der Waals surface area contributed by atoms with E-state index in [-0.39, 0.29) is 11.3 Å². The van der Waals surface area contributed by atoms with Crippen molar-refractivity contribution in [2.24, 2.45) is 0 Å². The van der Waals surface area contributed by atoms with Crippen LogP contribution in [0.15, 0.2) is 48.5 Å². The first kappa shape index (κ1) is 19.8. The van der Waals surface area contributed by atoms with E-state index in [1.54, 1.807) is 24.3 Å². The van der Waals surface area contributed by atoms with Crippen LogP contribution in [0.5, 0.6) is 5.75 Å². The molecule has 0 aliphatic rings. The fraction of sp³-hybridized carbons (Fsp3) is 0.182.